The molecular formula is C33H40F6N4O5S. The molecular weight excluding hydrogens is 678 g/mol. The molecule has 0 radical (unpaired) electrons. The highest BCUT2D eigenvalue weighted by Crippen LogP contribution is 2.28. The Morgan fingerprint density at radius 1 is 0.918 bits per heavy atom. The number of aromatic hydroxyl groups is 1. The van der Waals surface area contributed by atoms with Crippen LogP contribution in [0.3, 0.4) is 0 Å². The van der Waals surface area contributed by atoms with Gasteiger partial charge in [0.1, 0.15) is 11.3 Å². The summed E-state index contributed by atoms with van der Waals surface area (Å²) in [6, 6.07) is 14.4. The van der Waals surface area contributed by atoms with Gasteiger partial charge in [-0.2, -0.15) is 26.3 Å². The summed E-state index contributed by atoms with van der Waals surface area (Å²) in [6.07, 6.45) is -3.46. The van der Waals surface area contributed by atoms with Crippen molar-refractivity contribution in [3.8, 4) is 5.75 Å². The summed E-state index contributed by atoms with van der Waals surface area (Å²) < 4.78 is 67.8. The van der Waals surface area contributed by atoms with E-state index in [-0.39, 0.29) is 22.6 Å². The van der Waals surface area contributed by atoms with E-state index in [0.717, 1.165) is 60.4 Å². The first-order valence-corrected chi connectivity index (χ1v) is 16.7. The molecule has 0 spiro atoms. The smallest absolute Gasteiger partial charge is 0.458 e. The molecule has 1 aliphatic rings. The number of Topliss-reactive ketones (excluding diaryl/α,β-unsaturated/α-hetero) is 2. The number of nitrogens with zero attached hydrogens (tertiary/aromatic N) is 1. The van der Waals surface area contributed by atoms with E-state index >= 15 is 0 Å². The van der Waals surface area contributed by atoms with Gasteiger partial charge in [0.05, 0.1) is 4.70 Å². The highest BCUT2D eigenvalue weighted by molar-refractivity contribution is 7.16. The zero-order valence-corrected chi connectivity index (χ0v) is 27.7. The maximum absolute atomic E-state index is 13.3. The molecule has 1 atom stereocenters. The Hall–Kier alpha value is -3.76. The highest BCUT2D eigenvalue weighted by Gasteiger charge is 2.54. The number of H-pyrrole nitrogens is 1. The lowest BCUT2D eigenvalue weighted by Gasteiger charge is -2.36. The molecule has 4 N–H and O–H groups in total. The lowest BCUT2D eigenvalue weighted by atomic mass is 9.93. The van der Waals surface area contributed by atoms with Crippen LogP contribution in [-0.4, -0.2) is 83.1 Å². The van der Waals surface area contributed by atoms with Crippen LogP contribution in [0.1, 0.15) is 56.6 Å². The number of phenols is 1. The molecule has 9 nitrogen and oxygen atoms in total. The standard InChI is InChI=1S/C29H40N4O3S.C4F6O2/c1-21(31-19-15-23-12-13-25(34)27-28(23)37-29(36)32-27)20-33(24-10-6-3-7-11-24)26(35)16-18-30-17-14-22-8-4-2-5-9-22;5-3(6,7)1(11)2(12)4(8,9)10/h2,4-5,8-9,12-13,21,24,30-31,34H,3,6-7,10-11,14-20H2,1H3,(H,32,36);. The summed E-state index contributed by atoms with van der Waals surface area (Å²) in [7, 11) is 0. The number of hydrogen-bond donors (Lipinski definition) is 4. The zero-order chi connectivity index (χ0) is 36.2. The number of aromatic nitrogens is 1. The third-order valence-electron chi connectivity index (χ3n) is 8.00. The molecule has 2 aromatic carbocycles. The minimum Gasteiger partial charge on any atom is -0.506 e. The topological polar surface area (TPSA) is 132 Å². The second-order valence-corrected chi connectivity index (χ2v) is 12.8. The van der Waals surface area contributed by atoms with Gasteiger partial charge in [0.2, 0.25) is 5.91 Å². The van der Waals surface area contributed by atoms with E-state index in [2.05, 4.69) is 51.7 Å². The molecule has 4 rings (SSSR count). The van der Waals surface area contributed by atoms with Gasteiger partial charge in [-0.05, 0) is 62.9 Å². The molecule has 1 aromatic heterocycles. The van der Waals surface area contributed by atoms with Gasteiger partial charge >= 0.3 is 28.8 Å². The number of hydrogen-bond acceptors (Lipinski definition) is 8. The second kappa shape index (κ2) is 18.3. The van der Waals surface area contributed by atoms with Gasteiger partial charge in [0.25, 0.3) is 0 Å². The fourth-order valence-corrected chi connectivity index (χ4v) is 6.43. The Bertz CT molecular complexity index is 1560. The number of thiazole rings is 1. The molecule has 3 aromatic rings. The number of amides is 1. The molecule has 0 saturated heterocycles. The number of ketones is 2. The van der Waals surface area contributed by atoms with Crippen molar-refractivity contribution < 1.29 is 45.8 Å². The Labute approximate surface area is 283 Å². The van der Waals surface area contributed by atoms with Crippen LogP contribution in [0.2, 0.25) is 0 Å². The largest absolute Gasteiger partial charge is 0.506 e. The van der Waals surface area contributed by atoms with Crippen molar-refractivity contribution in [3.05, 3.63) is 63.3 Å². The Morgan fingerprint density at radius 2 is 1.55 bits per heavy atom. The minimum absolute atomic E-state index is 0.106. The van der Waals surface area contributed by atoms with Crippen LogP contribution < -0.4 is 15.5 Å². The van der Waals surface area contributed by atoms with Crippen LogP contribution >= 0.6 is 11.3 Å². The van der Waals surface area contributed by atoms with Gasteiger partial charge in [0, 0.05) is 31.6 Å². The summed E-state index contributed by atoms with van der Waals surface area (Å²) in [5, 5.41) is 17.0. The quantitative estimate of drug-likeness (QED) is 0.0991. The number of fused-ring (bicyclic) bond motifs is 1. The molecule has 270 valence electrons. The van der Waals surface area contributed by atoms with E-state index in [1.165, 1.54) is 24.8 Å². The molecule has 0 bridgehead atoms. The number of rotatable bonds is 14. The van der Waals surface area contributed by atoms with E-state index in [1.807, 2.05) is 12.1 Å². The first-order chi connectivity index (χ1) is 23.1. The van der Waals surface area contributed by atoms with E-state index in [0.29, 0.717) is 31.1 Å². The van der Waals surface area contributed by atoms with Crippen molar-refractivity contribution in [3.63, 3.8) is 0 Å². The van der Waals surface area contributed by atoms with Gasteiger partial charge in [-0.1, -0.05) is 67.0 Å². The molecule has 16 heteroatoms. The van der Waals surface area contributed by atoms with Gasteiger partial charge < -0.3 is 25.6 Å². The van der Waals surface area contributed by atoms with Crippen molar-refractivity contribution in [2.45, 2.75) is 82.7 Å². The van der Waals surface area contributed by atoms with Gasteiger partial charge in [-0.25, -0.2) is 0 Å². The van der Waals surface area contributed by atoms with Gasteiger partial charge in [-0.15, -0.1) is 0 Å². The molecule has 49 heavy (non-hydrogen) atoms. The number of alkyl halides is 6. The summed E-state index contributed by atoms with van der Waals surface area (Å²) >= 11 is 1.14. The normalized spacial score (nSPS) is 14.6. The number of phenolic OH excluding ortho intramolecular Hbond substituents is 1. The highest BCUT2D eigenvalue weighted by atomic mass is 32.1. The average Bonchev–Trinajstić information content (AvgIpc) is 3.46. The number of halogens is 6. The number of benzene rings is 2. The van der Waals surface area contributed by atoms with Crippen molar-refractivity contribution in [1.82, 2.24) is 20.5 Å². The predicted octanol–water partition coefficient (Wildman–Crippen LogP) is 5.45. The molecule has 1 saturated carbocycles. The van der Waals surface area contributed by atoms with E-state index in [1.54, 1.807) is 6.07 Å². The van der Waals surface area contributed by atoms with Gasteiger partial charge in [-0.3, -0.25) is 19.2 Å². The number of carbonyl (C=O) groups excluding carboxylic acids is 3. The fourth-order valence-electron chi connectivity index (χ4n) is 5.53. The SMILES string of the molecule is CC(CN(C(=O)CCNCCc1ccccc1)C1CCCCC1)NCCc1ccc(O)c2[nH]c(=O)sc12.O=C(C(=O)C(F)(F)F)C(F)(F)F. The van der Waals surface area contributed by atoms with E-state index in [4.69, 9.17) is 0 Å². The maximum Gasteiger partial charge on any atom is 0.458 e. The maximum atomic E-state index is 13.3. The predicted molar refractivity (Wildman–Crippen MR) is 174 cm³/mol. The Morgan fingerprint density at radius 3 is 2.16 bits per heavy atom. The van der Waals surface area contributed by atoms with Gasteiger partial charge in [0.15, 0.2) is 0 Å². The van der Waals surface area contributed by atoms with Crippen molar-refractivity contribution in [1.29, 1.82) is 0 Å². The van der Waals surface area contributed by atoms with Crippen LogP contribution in [0.15, 0.2) is 47.3 Å². The lowest BCUT2D eigenvalue weighted by molar-refractivity contribution is -0.193. The number of nitrogens with one attached hydrogen (secondary N) is 3. The Kier molecular flexibility index (Phi) is 14.8. The summed E-state index contributed by atoms with van der Waals surface area (Å²) in [6.45, 7) is 5.16. The Balaban J connectivity index is 0.000000463. The van der Waals surface area contributed by atoms with Crippen LogP contribution in [0.25, 0.3) is 10.2 Å². The minimum atomic E-state index is -5.77. The van der Waals surface area contributed by atoms with Crippen LogP contribution in [-0.2, 0) is 27.2 Å². The van der Waals surface area contributed by atoms with Crippen molar-refractivity contribution >= 4 is 39.0 Å². The molecule has 1 aliphatic carbocycles. The summed E-state index contributed by atoms with van der Waals surface area (Å²) in [5.74, 6) is -6.47. The van der Waals surface area contributed by atoms with Crippen LogP contribution in [0, 0.1) is 0 Å². The van der Waals surface area contributed by atoms with E-state index in [9.17, 15) is 50.6 Å². The summed E-state index contributed by atoms with van der Waals surface area (Å²) in [4.78, 5) is 49.0. The van der Waals surface area contributed by atoms with Crippen LogP contribution in [0.4, 0.5) is 26.3 Å². The lowest BCUT2D eigenvalue weighted by Crippen LogP contribution is -2.49. The van der Waals surface area contributed by atoms with E-state index < -0.39 is 23.9 Å². The average molecular weight is 719 g/mol. The van der Waals surface area contributed by atoms with Crippen LogP contribution in [0.5, 0.6) is 5.75 Å². The molecule has 1 amide bonds. The zero-order valence-electron chi connectivity index (χ0n) is 26.9. The first kappa shape index (κ1) is 39.7. The number of aromatic amines is 1. The monoisotopic (exact) mass is 718 g/mol. The third kappa shape index (κ3) is 12.6. The fraction of sp³-hybridized carbons (Fsp3) is 0.515. The molecule has 1 unspecified atom stereocenters. The third-order valence-corrected chi connectivity index (χ3v) is 8.96. The van der Waals surface area contributed by atoms with Crippen molar-refractivity contribution in [2.24, 2.45) is 0 Å². The number of carbonyl (C=O) groups is 3. The molecule has 1 fully saturated rings. The first-order valence-electron chi connectivity index (χ1n) is 15.9. The van der Waals surface area contributed by atoms with Crippen molar-refractivity contribution in [2.75, 3.05) is 26.2 Å². The molecule has 1 heterocycles. The molecule has 0 aliphatic heterocycles. The summed E-state index contributed by atoms with van der Waals surface area (Å²) in [5.41, 5.74) is 2.87. The second-order valence-electron chi connectivity index (χ2n) is 11.8.